The van der Waals surface area contributed by atoms with E-state index < -0.39 is 0 Å². The summed E-state index contributed by atoms with van der Waals surface area (Å²) in [5.74, 6) is 0.625. The number of methoxy groups -OCH3 is 1. The van der Waals surface area contributed by atoms with Crippen LogP contribution in [-0.2, 0) is 6.54 Å². The molecule has 1 aliphatic rings. The average Bonchev–Trinajstić information content (AvgIpc) is 3.29. The van der Waals surface area contributed by atoms with Gasteiger partial charge < -0.3 is 9.64 Å². The van der Waals surface area contributed by atoms with Crippen LogP contribution in [0.5, 0.6) is 5.88 Å². The van der Waals surface area contributed by atoms with Crippen LogP contribution in [0.15, 0.2) is 42.3 Å². The van der Waals surface area contributed by atoms with Gasteiger partial charge in [-0.1, -0.05) is 0 Å². The molecule has 7 nitrogen and oxygen atoms in total. The Balaban J connectivity index is 1.28. The van der Waals surface area contributed by atoms with Gasteiger partial charge >= 0.3 is 0 Å². The summed E-state index contributed by atoms with van der Waals surface area (Å²) in [5.41, 5.74) is 3.24. The molecule has 1 aromatic carbocycles. The molecule has 3 aromatic heterocycles. The Morgan fingerprint density at radius 1 is 1.15 bits per heavy atom. The smallest absolute Gasteiger partial charge is 0.224 e. The van der Waals surface area contributed by atoms with E-state index in [0.29, 0.717) is 5.88 Å². The van der Waals surface area contributed by atoms with Crippen LogP contribution in [0.25, 0.3) is 15.9 Å². The fourth-order valence-electron chi connectivity index (χ4n) is 3.63. The molecule has 0 atom stereocenters. The molecule has 1 aliphatic heterocycles. The van der Waals surface area contributed by atoms with E-state index in [1.54, 1.807) is 24.8 Å². The predicted octanol–water partition coefficient (Wildman–Crippen LogP) is 2.67. The van der Waals surface area contributed by atoms with Crippen LogP contribution in [0.2, 0.25) is 0 Å². The second kappa shape index (κ2) is 6.79. The standard InChI is InChI=1S/C19H20N6OS/c1-26-18-16-10-15(2-3-17(16)20-13-21-18)24-6-4-23(5-7-24)11-14-12-25-8-9-27-19(25)22-14/h2-3,8-10,12-13H,4-7,11H2,1H3. The number of nitrogens with zero attached hydrogens (tertiary/aromatic N) is 6. The number of aromatic nitrogens is 4. The topological polar surface area (TPSA) is 58.8 Å². The fourth-order valence-corrected chi connectivity index (χ4v) is 4.34. The van der Waals surface area contributed by atoms with Crippen molar-refractivity contribution in [1.29, 1.82) is 0 Å². The molecule has 0 radical (unpaired) electrons. The zero-order valence-electron chi connectivity index (χ0n) is 15.1. The highest BCUT2D eigenvalue weighted by Crippen LogP contribution is 2.27. The van der Waals surface area contributed by atoms with Crippen molar-refractivity contribution >= 4 is 32.9 Å². The molecule has 0 saturated carbocycles. The lowest BCUT2D eigenvalue weighted by molar-refractivity contribution is 0.247. The van der Waals surface area contributed by atoms with Gasteiger partial charge in [0.25, 0.3) is 0 Å². The Hall–Kier alpha value is -2.71. The second-order valence-corrected chi connectivity index (χ2v) is 7.55. The highest BCUT2D eigenvalue weighted by atomic mass is 32.1. The van der Waals surface area contributed by atoms with E-state index >= 15 is 0 Å². The third kappa shape index (κ3) is 3.11. The molecule has 0 bridgehead atoms. The molecule has 0 amide bonds. The minimum Gasteiger partial charge on any atom is -0.480 e. The Labute approximate surface area is 160 Å². The summed E-state index contributed by atoms with van der Waals surface area (Å²) in [4.78, 5) is 19.2. The highest BCUT2D eigenvalue weighted by Gasteiger charge is 2.19. The number of fused-ring (bicyclic) bond motifs is 2. The van der Waals surface area contributed by atoms with E-state index in [1.165, 1.54) is 5.69 Å². The molecule has 4 heterocycles. The van der Waals surface area contributed by atoms with Crippen LogP contribution in [0.4, 0.5) is 5.69 Å². The van der Waals surface area contributed by atoms with Gasteiger partial charge in [-0.2, -0.15) is 0 Å². The molecule has 4 aromatic rings. The molecular formula is C19H20N6OS. The molecule has 1 saturated heterocycles. The van der Waals surface area contributed by atoms with Crippen molar-refractivity contribution in [3.8, 4) is 5.88 Å². The Bertz CT molecular complexity index is 1050. The van der Waals surface area contributed by atoms with Crippen LogP contribution in [0.1, 0.15) is 5.69 Å². The number of rotatable bonds is 4. The molecule has 0 unspecified atom stereocenters. The summed E-state index contributed by atoms with van der Waals surface area (Å²) < 4.78 is 7.48. The summed E-state index contributed by atoms with van der Waals surface area (Å²) in [6, 6.07) is 6.31. The van der Waals surface area contributed by atoms with Crippen LogP contribution in [0.3, 0.4) is 0 Å². The van der Waals surface area contributed by atoms with E-state index in [2.05, 4.69) is 54.1 Å². The normalized spacial score (nSPS) is 15.7. The molecule has 138 valence electrons. The first kappa shape index (κ1) is 16.5. The van der Waals surface area contributed by atoms with Crippen molar-refractivity contribution in [2.45, 2.75) is 6.54 Å². The minimum absolute atomic E-state index is 0.625. The number of anilines is 1. The van der Waals surface area contributed by atoms with Crippen LogP contribution < -0.4 is 9.64 Å². The Morgan fingerprint density at radius 3 is 2.85 bits per heavy atom. The highest BCUT2D eigenvalue weighted by molar-refractivity contribution is 7.15. The molecular weight excluding hydrogens is 360 g/mol. The molecule has 1 fully saturated rings. The maximum atomic E-state index is 5.39. The monoisotopic (exact) mass is 380 g/mol. The maximum absolute atomic E-state index is 5.39. The minimum atomic E-state index is 0.625. The van der Waals surface area contributed by atoms with Gasteiger partial charge in [0.1, 0.15) is 6.33 Å². The zero-order valence-corrected chi connectivity index (χ0v) is 15.9. The number of benzene rings is 1. The molecule has 0 N–H and O–H groups in total. The lowest BCUT2D eigenvalue weighted by atomic mass is 10.2. The van der Waals surface area contributed by atoms with Crippen LogP contribution in [0, 0.1) is 0 Å². The molecule has 27 heavy (non-hydrogen) atoms. The summed E-state index contributed by atoms with van der Waals surface area (Å²) in [5, 5.41) is 3.02. The molecule has 5 rings (SSSR count). The Morgan fingerprint density at radius 2 is 2.04 bits per heavy atom. The average molecular weight is 380 g/mol. The Kier molecular flexibility index (Phi) is 4.14. The first-order valence-corrected chi connectivity index (χ1v) is 9.85. The van der Waals surface area contributed by atoms with Gasteiger partial charge in [-0.15, -0.1) is 11.3 Å². The maximum Gasteiger partial charge on any atom is 0.224 e. The third-order valence-electron chi connectivity index (χ3n) is 5.04. The van der Waals surface area contributed by atoms with Gasteiger partial charge in [0.05, 0.1) is 23.7 Å². The number of piperazine rings is 1. The number of hydrogen-bond donors (Lipinski definition) is 0. The number of thiazole rings is 1. The van der Waals surface area contributed by atoms with Crippen molar-refractivity contribution in [2.75, 3.05) is 38.2 Å². The van der Waals surface area contributed by atoms with Gasteiger partial charge in [0.15, 0.2) is 4.96 Å². The van der Waals surface area contributed by atoms with Crippen molar-refractivity contribution < 1.29 is 4.74 Å². The van der Waals surface area contributed by atoms with Crippen LogP contribution in [-0.4, -0.2) is 57.5 Å². The van der Waals surface area contributed by atoms with Gasteiger partial charge in [-0.25, -0.2) is 15.0 Å². The summed E-state index contributed by atoms with van der Waals surface area (Å²) >= 11 is 1.68. The summed E-state index contributed by atoms with van der Waals surface area (Å²) in [7, 11) is 1.65. The van der Waals surface area contributed by atoms with Crippen molar-refractivity contribution in [3.63, 3.8) is 0 Å². The van der Waals surface area contributed by atoms with E-state index in [0.717, 1.165) is 54.3 Å². The molecule has 8 heteroatoms. The second-order valence-electron chi connectivity index (χ2n) is 6.67. The lowest BCUT2D eigenvalue weighted by Crippen LogP contribution is -2.46. The zero-order chi connectivity index (χ0) is 18.2. The number of ether oxygens (including phenoxy) is 1. The number of hydrogen-bond acceptors (Lipinski definition) is 7. The van der Waals surface area contributed by atoms with E-state index in [-0.39, 0.29) is 0 Å². The van der Waals surface area contributed by atoms with Crippen molar-refractivity contribution in [2.24, 2.45) is 0 Å². The van der Waals surface area contributed by atoms with Crippen molar-refractivity contribution in [1.82, 2.24) is 24.3 Å². The lowest BCUT2D eigenvalue weighted by Gasteiger charge is -2.35. The van der Waals surface area contributed by atoms with E-state index in [9.17, 15) is 0 Å². The van der Waals surface area contributed by atoms with Crippen molar-refractivity contribution in [3.05, 3.63) is 48.0 Å². The fraction of sp³-hybridized carbons (Fsp3) is 0.316. The van der Waals surface area contributed by atoms with Crippen LogP contribution >= 0.6 is 11.3 Å². The van der Waals surface area contributed by atoms with Gasteiger partial charge in [-0.3, -0.25) is 9.30 Å². The van der Waals surface area contributed by atoms with Gasteiger partial charge in [0, 0.05) is 56.2 Å². The SMILES string of the molecule is COc1ncnc2ccc(N3CCN(Cc4cn5ccsc5n4)CC3)cc12. The molecule has 0 aliphatic carbocycles. The van der Waals surface area contributed by atoms with Gasteiger partial charge in [-0.05, 0) is 18.2 Å². The predicted molar refractivity (Wildman–Crippen MR) is 107 cm³/mol. The largest absolute Gasteiger partial charge is 0.480 e. The summed E-state index contributed by atoms with van der Waals surface area (Å²) in [6.07, 6.45) is 5.74. The molecule has 0 spiro atoms. The van der Waals surface area contributed by atoms with Gasteiger partial charge in [0.2, 0.25) is 5.88 Å². The third-order valence-corrected chi connectivity index (χ3v) is 5.81. The first-order chi connectivity index (χ1) is 13.3. The quantitative estimate of drug-likeness (QED) is 0.543. The van der Waals surface area contributed by atoms with E-state index in [1.807, 2.05) is 6.07 Å². The van der Waals surface area contributed by atoms with E-state index in [4.69, 9.17) is 9.72 Å². The first-order valence-electron chi connectivity index (χ1n) is 8.97. The summed E-state index contributed by atoms with van der Waals surface area (Å²) in [6.45, 7) is 4.92. The number of imidazole rings is 1.